The molecule has 0 fully saturated rings. The maximum absolute atomic E-state index is 12.8. The number of nitrogens with zero attached hydrogens (tertiary/aromatic N) is 1. The number of primary amides is 1. The molecule has 0 rings (SSSR count). The fourth-order valence-corrected chi connectivity index (χ4v) is 2.94. The molecule has 0 spiro atoms. The van der Waals surface area contributed by atoms with E-state index in [0.717, 1.165) is 32.1 Å². The van der Waals surface area contributed by atoms with Gasteiger partial charge in [-0.1, -0.05) is 39.5 Å². The van der Waals surface area contributed by atoms with Gasteiger partial charge < -0.3 is 33.2 Å². The van der Waals surface area contributed by atoms with E-state index in [-0.39, 0.29) is 11.9 Å². The number of nitrogens with two attached hydrogens (primary N) is 3. The summed E-state index contributed by atoms with van der Waals surface area (Å²) in [5.41, 5.74) is 16.0. The summed E-state index contributed by atoms with van der Waals surface area (Å²) in [4.78, 5) is 52.9. The Bertz CT molecular complexity index is 636. The molecule has 0 heterocycles. The first kappa shape index (κ1) is 29.1. The molecular formula is C21H41N7O4. The number of unbranched alkanes of at least 4 members (excludes halogenated alkanes) is 3. The van der Waals surface area contributed by atoms with Crippen molar-refractivity contribution in [2.24, 2.45) is 22.2 Å². The molecule has 0 bridgehead atoms. The van der Waals surface area contributed by atoms with Gasteiger partial charge in [0.15, 0.2) is 5.96 Å². The van der Waals surface area contributed by atoms with E-state index in [1.165, 1.54) is 6.92 Å². The largest absolute Gasteiger partial charge is 0.370 e. The van der Waals surface area contributed by atoms with Crippen LogP contribution in [0.25, 0.3) is 0 Å². The van der Waals surface area contributed by atoms with Crippen LogP contribution in [0.4, 0.5) is 0 Å². The van der Waals surface area contributed by atoms with Crippen LogP contribution in [0.15, 0.2) is 4.99 Å². The highest BCUT2D eigenvalue weighted by Gasteiger charge is 2.26. The number of rotatable bonds is 17. The lowest BCUT2D eigenvalue weighted by molar-refractivity contribution is -0.133. The van der Waals surface area contributed by atoms with Crippen LogP contribution in [0.1, 0.15) is 78.6 Å². The van der Waals surface area contributed by atoms with Crippen LogP contribution in [-0.2, 0) is 19.2 Å². The van der Waals surface area contributed by atoms with Gasteiger partial charge in [0.25, 0.3) is 0 Å². The van der Waals surface area contributed by atoms with Gasteiger partial charge in [0.05, 0.1) is 0 Å². The van der Waals surface area contributed by atoms with E-state index >= 15 is 0 Å². The van der Waals surface area contributed by atoms with Crippen molar-refractivity contribution in [3.8, 4) is 0 Å². The average Bonchev–Trinajstić information content (AvgIpc) is 2.72. The summed E-state index contributed by atoms with van der Waals surface area (Å²) in [6.45, 7) is 5.82. The van der Waals surface area contributed by atoms with Gasteiger partial charge in [0.1, 0.15) is 18.1 Å². The van der Waals surface area contributed by atoms with Crippen molar-refractivity contribution in [3.05, 3.63) is 0 Å². The Hall–Kier alpha value is -2.85. The summed E-state index contributed by atoms with van der Waals surface area (Å²) >= 11 is 0. The van der Waals surface area contributed by atoms with Crippen molar-refractivity contribution in [2.75, 3.05) is 6.54 Å². The second-order valence-electron chi connectivity index (χ2n) is 7.86. The highest BCUT2D eigenvalue weighted by Crippen LogP contribution is 2.04. The number of hydrogen-bond donors (Lipinski definition) is 6. The van der Waals surface area contributed by atoms with Crippen molar-refractivity contribution in [3.63, 3.8) is 0 Å². The number of aliphatic imine (C=N–C) groups is 1. The Morgan fingerprint density at radius 1 is 0.781 bits per heavy atom. The van der Waals surface area contributed by atoms with Crippen LogP contribution in [0.5, 0.6) is 0 Å². The van der Waals surface area contributed by atoms with Gasteiger partial charge in [0.2, 0.25) is 23.6 Å². The van der Waals surface area contributed by atoms with Crippen molar-refractivity contribution in [1.29, 1.82) is 0 Å². The topological polar surface area (TPSA) is 195 Å². The molecule has 0 aromatic rings. The van der Waals surface area contributed by atoms with Crippen LogP contribution in [0.3, 0.4) is 0 Å². The molecule has 9 N–H and O–H groups in total. The minimum atomic E-state index is -0.914. The van der Waals surface area contributed by atoms with Crippen molar-refractivity contribution in [1.82, 2.24) is 16.0 Å². The van der Waals surface area contributed by atoms with Crippen LogP contribution in [0.2, 0.25) is 0 Å². The van der Waals surface area contributed by atoms with Gasteiger partial charge in [-0.05, 0) is 32.6 Å². The lowest BCUT2D eigenvalue weighted by Gasteiger charge is -2.22. The molecule has 4 amide bonds. The zero-order valence-electron chi connectivity index (χ0n) is 19.6. The smallest absolute Gasteiger partial charge is 0.243 e. The van der Waals surface area contributed by atoms with E-state index < -0.39 is 35.8 Å². The van der Waals surface area contributed by atoms with Crippen LogP contribution < -0.4 is 33.2 Å². The van der Waals surface area contributed by atoms with Crippen molar-refractivity contribution < 1.29 is 19.2 Å². The highest BCUT2D eigenvalue weighted by atomic mass is 16.2. The maximum atomic E-state index is 12.8. The van der Waals surface area contributed by atoms with Gasteiger partial charge in [-0.25, -0.2) is 0 Å². The summed E-state index contributed by atoms with van der Waals surface area (Å²) in [6.07, 6.45) is 5.73. The maximum Gasteiger partial charge on any atom is 0.243 e. The molecule has 3 unspecified atom stereocenters. The van der Waals surface area contributed by atoms with Gasteiger partial charge in [-0.2, -0.15) is 0 Å². The number of guanidine groups is 1. The predicted molar refractivity (Wildman–Crippen MR) is 124 cm³/mol. The molecular weight excluding hydrogens is 414 g/mol. The molecule has 0 aliphatic rings. The highest BCUT2D eigenvalue weighted by molar-refractivity contribution is 5.93. The second kappa shape index (κ2) is 16.8. The number of carbonyl (C=O) groups is 4. The third-order valence-corrected chi connectivity index (χ3v) is 4.86. The van der Waals surface area contributed by atoms with Gasteiger partial charge >= 0.3 is 0 Å². The first-order chi connectivity index (χ1) is 15.1. The minimum absolute atomic E-state index is 0.0491. The molecule has 11 heteroatoms. The van der Waals surface area contributed by atoms with E-state index in [0.29, 0.717) is 32.2 Å². The summed E-state index contributed by atoms with van der Waals surface area (Å²) < 4.78 is 0. The number of amides is 4. The molecule has 0 saturated carbocycles. The molecule has 3 atom stereocenters. The van der Waals surface area contributed by atoms with E-state index in [1.807, 2.05) is 13.8 Å². The first-order valence-electron chi connectivity index (χ1n) is 11.4. The number of hydrogen-bond acceptors (Lipinski definition) is 5. The lowest BCUT2D eigenvalue weighted by atomic mass is 10.1. The molecule has 32 heavy (non-hydrogen) atoms. The van der Waals surface area contributed by atoms with Crippen LogP contribution in [-0.4, -0.2) is 54.3 Å². The fraction of sp³-hybridized carbons (Fsp3) is 0.762. The fourth-order valence-electron chi connectivity index (χ4n) is 2.94. The van der Waals surface area contributed by atoms with E-state index in [9.17, 15) is 19.2 Å². The summed E-state index contributed by atoms with van der Waals surface area (Å²) in [5, 5.41) is 7.90. The average molecular weight is 456 g/mol. The summed E-state index contributed by atoms with van der Waals surface area (Å²) in [7, 11) is 0. The van der Waals surface area contributed by atoms with E-state index in [1.54, 1.807) is 0 Å². The summed E-state index contributed by atoms with van der Waals surface area (Å²) in [5.74, 6) is -1.92. The quantitative estimate of drug-likeness (QED) is 0.0995. The molecule has 184 valence electrons. The van der Waals surface area contributed by atoms with Crippen molar-refractivity contribution in [2.45, 2.75) is 96.7 Å². The molecule has 0 saturated heterocycles. The molecule has 0 aliphatic carbocycles. The zero-order valence-corrected chi connectivity index (χ0v) is 19.6. The van der Waals surface area contributed by atoms with Crippen molar-refractivity contribution >= 4 is 29.6 Å². The van der Waals surface area contributed by atoms with Gasteiger partial charge in [0, 0.05) is 13.0 Å². The SMILES string of the molecule is CCCCCC(=O)NC(CCCN=C(N)N)C(=O)NC(C)C(=O)NC(CCCC)C(N)=O. The Kier molecular flexibility index (Phi) is 15.3. The monoisotopic (exact) mass is 455 g/mol. The molecule has 0 aliphatic heterocycles. The Balaban J connectivity index is 4.98. The summed E-state index contributed by atoms with van der Waals surface area (Å²) in [6, 6.07) is -2.54. The van der Waals surface area contributed by atoms with Gasteiger partial charge in [-0.15, -0.1) is 0 Å². The number of nitrogens with one attached hydrogen (secondary N) is 3. The molecule has 0 aromatic heterocycles. The van der Waals surface area contributed by atoms with Crippen LogP contribution >= 0.6 is 0 Å². The third kappa shape index (κ3) is 13.5. The minimum Gasteiger partial charge on any atom is -0.370 e. The number of carbonyl (C=O) groups excluding carboxylic acids is 4. The van der Waals surface area contributed by atoms with Gasteiger partial charge in [-0.3, -0.25) is 24.2 Å². The Morgan fingerprint density at radius 2 is 1.41 bits per heavy atom. The van der Waals surface area contributed by atoms with E-state index in [4.69, 9.17) is 17.2 Å². The standard InChI is InChI=1S/C21H41N7O4/c1-4-6-8-12-17(29)27-16(11-9-13-25-21(23)24)20(32)26-14(3)19(31)28-15(18(22)30)10-7-5-2/h14-16H,4-13H2,1-3H3,(H2,22,30)(H,26,32)(H,27,29)(H,28,31)(H4,23,24,25). The Labute approximate surface area is 190 Å². The lowest BCUT2D eigenvalue weighted by Crippen LogP contribution is -2.55. The zero-order chi connectivity index (χ0) is 24.5. The molecule has 11 nitrogen and oxygen atoms in total. The normalized spacial score (nSPS) is 13.3. The predicted octanol–water partition coefficient (Wildman–Crippen LogP) is -0.230. The van der Waals surface area contributed by atoms with Crippen LogP contribution in [0, 0.1) is 0 Å². The molecule has 0 radical (unpaired) electrons. The third-order valence-electron chi connectivity index (χ3n) is 4.86. The second-order valence-corrected chi connectivity index (χ2v) is 7.86. The van der Waals surface area contributed by atoms with E-state index in [2.05, 4.69) is 20.9 Å². The Morgan fingerprint density at radius 3 is 1.97 bits per heavy atom. The first-order valence-corrected chi connectivity index (χ1v) is 11.4. The molecule has 0 aromatic carbocycles.